The van der Waals surface area contributed by atoms with Crippen molar-refractivity contribution >= 4 is 40.5 Å². The number of benzene rings is 2. The number of hydrogen-bond donors (Lipinski definition) is 0. The molecular weight excluding hydrogens is 432 g/mol. The Kier molecular flexibility index (Phi) is 4.84. The Labute approximate surface area is 196 Å². The van der Waals surface area contributed by atoms with Gasteiger partial charge in [-0.2, -0.15) is 5.01 Å². The van der Waals surface area contributed by atoms with Crippen LogP contribution in [0.1, 0.15) is 35.4 Å². The summed E-state index contributed by atoms with van der Waals surface area (Å²) in [5.41, 5.74) is 5.51. The van der Waals surface area contributed by atoms with Gasteiger partial charge in [-0.1, -0.05) is 48.5 Å². The van der Waals surface area contributed by atoms with Gasteiger partial charge >= 0.3 is 5.97 Å². The van der Waals surface area contributed by atoms with E-state index in [1.54, 1.807) is 16.3 Å². The van der Waals surface area contributed by atoms with Crippen LogP contribution in [0.4, 0.5) is 5.69 Å². The molecule has 164 valence electrons. The minimum Gasteiger partial charge on any atom is -0.460 e. The van der Waals surface area contributed by atoms with Crippen LogP contribution in [-0.4, -0.2) is 29.3 Å². The van der Waals surface area contributed by atoms with Crippen molar-refractivity contribution in [1.29, 1.82) is 0 Å². The summed E-state index contributed by atoms with van der Waals surface area (Å²) in [7, 11) is 0. The van der Waals surface area contributed by atoms with Crippen molar-refractivity contribution in [3.63, 3.8) is 0 Å². The van der Waals surface area contributed by atoms with E-state index in [0.717, 1.165) is 34.7 Å². The highest BCUT2D eigenvalue weighted by Gasteiger charge is 2.47. The summed E-state index contributed by atoms with van der Waals surface area (Å²) in [5, 5.41) is 8.58. The molecule has 3 heterocycles. The second-order valence-corrected chi connectivity index (χ2v) is 9.00. The van der Waals surface area contributed by atoms with Gasteiger partial charge in [0.2, 0.25) is 11.8 Å². The summed E-state index contributed by atoms with van der Waals surface area (Å²) in [6, 6.07) is 22.3. The first kappa shape index (κ1) is 19.9. The quantitative estimate of drug-likeness (QED) is 0.508. The minimum absolute atomic E-state index is 0.155. The zero-order valence-corrected chi connectivity index (χ0v) is 19.0. The average molecular weight is 455 g/mol. The Morgan fingerprint density at radius 3 is 2.67 bits per heavy atom. The minimum atomic E-state index is -0.439. The monoisotopic (exact) mass is 454 g/mol. The molecule has 0 saturated carbocycles. The molecule has 0 spiro atoms. The van der Waals surface area contributed by atoms with Crippen LogP contribution in [-0.2, 0) is 16.0 Å². The summed E-state index contributed by atoms with van der Waals surface area (Å²) < 4.78 is 5.41. The number of hydrogen-bond acceptors (Lipinski definition) is 7. The van der Waals surface area contributed by atoms with E-state index in [9.17, 15) is 4.79 Å². The molecule has 6 nitrogen and oxygen atoms in total. The van der Waals surface area contributed by atoms with E-state index in [0.29, 0.717) is 5.96 Å². The number of para-hydroxylation sites is 1. The Bertz CT molecular complexity index is 1310. The number of esters is 1. The number of amidine groups is 1. The van der Waals surface area contributed by atoms with E-state index in [1.165, 1.54) is 11.1 Å². The normalized spacial score (nSPS) is 18.9. The van der Waals surface area contributed by atoms with Gasteiger partial charge in [0.25, 0.3) is 0 Å². The Hall–Kier alpha value is -3.71. The molecule has 0 unspecified atom stereocenters. The first-order valence-electron chi connectivity index (χ1n) is 11.1. The number of carbonyl (C=O) groups excluding carboxylic acids is 1. The zero-order valence-electron chi connectivity index (χ0n) is 18.1. The molecule has 0 N–H and O–H groups in total. The summed E-state index contributed by atoms with van der Waals surface area (Å²) >= 11 is 1.68. The molecule has 3 aliphatic rings. The van der Waals surface area contributed by atoms with Gasteiger partial charge in [-0.15, -0.1) is 16.4 Å². The molecule has 1 atom stereocenters. The van der Waals surface area contributed by atoms with Gasteiger partial charge in [0.05, 0.1) is 24.0 Å². The number of ether oxygens (including phenoxy) is 1. The lowest BCUT2D eigenvalue weighted by molar-refractivity contribution is -0.135. The molecule has 1 aliphatic carbocycles. The van der Waals surface area contributed by atoms with Crippen LogP contribution in [0.2, 0.25) is 0 Å². The standard InChI is InChI=1S/C26H22N4O2S/c1-2-32-25(31)24-28-30(18-10-4-3-5-11-18)26-27-22-19-12-7-6-9-17(19)14-15-20(22)23(29(24)26)21-13-8-16-33-21/h3-13,16,23H,2,14-15H2,1H3/t23-/m0/s1. The third-order valence-corrected chi connectivity index (χ3v) is 7.06. The van der Waals surface area contributed by atoms with Crippen molar-refractivity contribution in [1.82, 2.24) is 4.90 Å². The van der Waals surface area contributed by atoms with Crippen molar-refractivity contribution in [3.05, 3.63) is 93.7 Å². The molecule has 2 aliphatic heterocycles. The number of aryl methyl sites for hydroxylation is 1. The molecule has 2 aromatic carbocycles. The van der Waals surface area contributed by atoms with E-state index >= 15 is 0 Å². The highest BCUT2D eigenvalue weighted by Crippen LogP contribution is 2.47. The first-order chi connectivity index (χ1) is 16.3. The van der Waals surface area contributed by atoms with Crippen LogP contribution >= 0.6 is 11.3 Å². The lowest BCUT2D eigenvalue weighted by Gasteiger charge is -2.38. The lowest BCUT2D eigenvalue weighted by Crippen LogP contribution is -2.46. The number of rotatable bonds is 4. The second kappa shape index (κ2) is 8.01. The van der Waals surface area contributed by atoms with Crippen molar-refractivity contribution in [2.45, 2.75) is 25.8 Å². The van der Waals surface area contributed by atoms with Gasteiger partial charge in [0.15, 0.2) is 0 Å². The van der Waals surface area contributed by atoms with Crippen molar-refractivity contribution in [3.8, 4) is 0 Å². The number of hydrazone groups is 1. The molecule has 1 aromatic heterocycles. The lowest BCUT2D eigenvalue weighted by atomic mass is 9.84. The van der Waals surface area contributed by atoms with Gasteiger partial charge in [-0.3, -0.25) is 4.90 Å². The molecule has 6 rings (SSSR count). The Morgan fingerprint density at radius 1 is 1.06 bits per heavy atom. The first-order valence-corrected chi connectivity index (χ1v) is 12.0. The van der Waals surface area contributed by atoms with Crippen LogP contribution < -0.4 is 5.01 Å². The number of thiophene rings is 1. The maximum atomic E-state index is 13.1. The van der Waals surface area contributed by atoms with Crippen LogP contribution in [0, 0.1) is 0 Å². The fourth-order valence-electron chi connectivity index (χ4n) is 4.73. The molecule has 3 aromatic rings. The topological polar surface area (TPSA) is 57.5 Å². The van der Waals surface area contributed by atoms with Gasteiger partial charge in [0, 0.05) is 10.4 Å². The third kappa shape index (κ3) is 3.19. The predicted octanol–water partition coefficient (Wildman–Crippen LogP) is 5.22. The molecule has 33 heavy (non-hydrogen) atoms. The van der Waals surface area contributed by atoms with E-state index in [2.05, 4.69) is 41.8 Å². The highest BCUT2D eigenvalue weighted by atomic mass is 32.1. The molecule has 0 radical (unpaired) electrons. The van der Waals surface area contributed by atoms with Gasteiger partial charge in [-0.25, -0.2) is 9.79 Å². The Morgan fingerprint density at radius 2 is 1.88 bits per heavy atom. The second-order valence-electron chi connectivity index (χ2n) is 8.02. The van der Waals surface area contributed by atoms with Crippen LogP contribution in [0.25, 0.3) is 5.70 Å². The summed E-state index contributed by atoms with van der Waals surface area (Å²) in [6.45, 7) is 2.09. The van der Waals surface area contributed by atoms with Crippen molar-refractivity contribution in [2.75, 3.05) is 11.6 Å². The molecule has 0 amide bonds. The molecule has 7 heteroatoms. The number of aliphatic imine (C=N–C) groups is 1. The van der Waals surface area contributed by atoms with Crippen LogP contribution in [0.5, 0.6) is 0 Å². The van der Waals surface area contributed by atoms with Crippen molar-refractivity contribution in [2.24, 2.45) is 10.1 Å². The maximum absolute atomic E-state index is 13.1. The summed E-state index contributed by atoms with van der Waals surface area (Å²) in [5.74, 6) is 0.451. The fraction of sp³-hybridized carbons (Fsp3) is 0.192. The SMILES string of the molecule is CCOC(=O)C1=NN(c2ccccc2)C2=NC3=C(CCc4ccccc43)[C@@H](c3cccs3)N12. The van der Waals surface area contributed by atoms with Crippen LogP contribution in [0.15, 0.2) is 87.8 Å². The number of anilines is 1. The predicted molar refractivity (Wildman–Crippen MR) is 131 cm³/mol. The van der Waals surface area contributed by atoms with Gasteiger partial charge in [-0.05, 0) is 54.5 Å². The molecule has 0 bridgehead atoms. The molecular formula is C26H22N4O2S. The summed E-state index contributed by atoms with van der Waals surface area (Å²) in [6.07, 6.45) is 1.83. The molecule has 0 saturated heterocycles. The number of fused-ring (bicyclic) bond motifs is 3. The smallest absolute Gasteiger partial charge is 0.376 e. The van der Waals surface area contributed by atoms with Gasteiger partial charge in [0.1, 0.15) is 0 Å². The Balaban J connectivity index is 1.58. The molecule has 0 fully saturated rings. The number of nitrogens with zero attached hydrogens (tertiary/aromatic N) is 4. The maximum Gasteiger partial charge on any atom is 0.376 e. The highest BCUT2D eigenvalue weighted by molar-refractivity contribution is 7.10. The number of guanidine groups is 1. The largest absolute Gasteiger partial charge is 0.460 e. The van der Waals surface area contributed by atoms with E-state index in [4.69, 9.17) is 14.8 Å². The zero-order chi connectivity index (χ0) is 22.4. The summed E-state index contributed by atoms with van der Waals surface area (Å²) in [4.78, 5) is 21.3. The average Bonchev–Trinajstić information content (AvgIpc) is 3.52. The third-order valence-electron chi connectivity index (χ3n) is 6.14. The number of carbonyl (C=O) groups is 1. The van der Waals surface area contributed by atoms with E-state index in [-0.39, 0.29) is 18.5 Å². The van der Waals surface area contributed by atoms with E-state index < -0.39 is 5.97 Å². The van der Waals surface area contributed by atoms with Crippen LogP contribution in [0.3, 0.4) is 0 Å². The van der Waals surface area contributed by atoms with Gasteiger partial charge < -0.3 is 4.74 Å². The van der Waals surface area contributed by atoms with Crippen molar-refractivity contribution < 1.29 is 9.53 Å². The van der Waals surface area contributed by atoms with E-state index in [1.807, 2.05) is 42.2 Å². The fourth-order valence-corrected chi connectivity index (χ4v) is 5.58.